The van der Waals surface area contributed by atoms with Gasteiger partial charge in [-0.15, -0.1) is 0 Å². The van der Waals surface area contributed by atoms with Gasteiger partial charge in [-0.3, -0.25) is 0 Å². The second-order valence-corrected chi connectivity index (χ2v) is 22.2. The summed E-state index contributed by atoms with van der Waals surface area (Å²) in [7, 11) is 0. The van der Waals surface area contributed by atoms with Crippen molar-refractivity contribution >= 4 is 34.4 Å². The second kappa shape index (κ2) is 11.7. The molecule has 2 aromatic rings. The average Bonchev–Trinajstić information content (AvgIpc) is 3.58. The van der Waals surface area contributed by atoms with Gasteiger partial charge >= 0.3 is 272 Å². The van der Waals surface area contributed by atoms with Crippen LogP contribution in [0, 0.1) is 11.8 Å². The topological polar surface area (TPSA) is 43.4 Å². The van der Waals surface area contributed by atoms with Gasteiger partial charge in [-0.1, -0.05) is 0 Å². The van der Waals surface area contributed by atoms with Gasteiger partial charge in [0, 0.05) is 0 Å². The molecule has 0 bridgehead atoms. The summed E-state index contributed by atoms with van der Waals surface area (Å²) in [5, 5.41) is 0. The van der Waals surface area contributed by atoms with Crippen molar-refractivity contribution in [3.63, 3.8) is 0 Å². The molecule has 2 saturated carbocycles. The van der Waals surface area contributed by atoms with E-state index in [2.05, 4.69) is 83.4 Å². The minimum absolute atomic E-state index is 0.124. The van der Waals surface area contributed by atoms with E-state index in [9.17, 15) is 0 Å². The average molecular weight is 700 g/mol. The van der Waals surface area contributed by atoms with Crippen LogP contribution in [0.25, 0.3) is 0 Å². The molecule has 0 aromatic heterocycles. The van der Waals surface area contributed by atoms with Crippen molar-refractivity contribution in [2.24, 2.45) is 11.8 Å². The van der Waals surface area contributed by atoms with Crippen molar-refractivity contribution in [1.82, 2.24) is 7.21 Å². The van der Waals surface area contributed by atoms with Gasteiger partial charge in [0.2, 0.25) is 0 Å². The molecule has 6 fully saturated rings. The molecule has 0 radical (unpaired) electrons. The van der Waals surface area contributed by atoms with E-state index in [0.717, 1.165) is 23.3 Å². The van der Waals surface area contributed by atoms with Crippen LogP contribution in [-0.2, 0) is 12.5 Å². The molecule has 4 saturated heterocycles. The molecular weight excluding hydrogens is 652 g/mol. The van der Waals surface area contributed by atoms with E-state index >= 15 is 0 Å². The molecule has 4 aliphatic heterocycles. The minimum atomic E-state index is -2.50. The predicted molar refractivity (Wildman–Crippen MR) is 171 cm³/mol. The first-order valence-corrected chi connectivity index (χ1v) is 23.4. The zero-order chi connectivity index (χ0) is 29.3. The van der Waals surface area contributed by atoms with Gasteiger partial charge in [0.25, 0.3) is 0 Å². The van der Waals surface area contributed by atoms with Crippen molar-refractivity contribution in [3.8, 4) is 11.5 Å². The summed E-state index contributed by atoms with van der Waals surface area (Å²) in [5.74, 6) is 3.57. The summed E-state index contributed by atoms with van der Waals surface area (Å²) in [6.45, 7) is 9.41. The van der Waals surface area contributed by atoms with E-state index < -0.39 is 34.4 Å². The third kappa shape index (κ3) is 5.29. The monoisotopic (exact) mass is 698 g/mol. The Morgan fingerprint density at radius 3 is 1.44 bits per heavy atom. The van der Waals surface area contributed by atoms with Crippen LogP contribution < -0.4 is 7.06 Å². The van der Waals surface area contributed by atoms with Crippen LogP contribution in [0.3, 0.4) is 0 Å². The number of benzene rings is 2. The third-order valence-electron chi connectivity index (χ3n) is 12.2. The number of piperidine rings is 2. The summed E-state index contributed by atoms with van der Waals surface area (Å²) in [6, 6.07) is 20.1. The Balaban J connectivity index is 0.935. The summed E-state index contributed by atoms with van der Waals surface area (Å²) in [6.07, 6.45) is 13.9. The molecule has 2 aromatic carbocycles. The van der Waals surface area contributed by atoms with Crippen molar-refractivity contribution in [3.05, 3.63) is 59.7 Å². The normalized spacial score (nSPS) is 35.9. The first-order chi connectivity index (χ1) is 20.9. The van der Waals surface area contributed by atoms with E-state index in [-0.39, 0.29) is 5.41 Å². The molecule has 8 heteroatoms. The number of rotatable bonds is 6. The number of hydrogen-bond donors (Lipinski definition) is 0. The number of nitrogens with zero attached hydrogens (tertiary/aromatic N) is 2. The molecule has 4 heterocycles. The van der Waals surface area contributed by atoms with Gasteiger partial charge in [-0.25, -0.2) is 0 Å². The zero-order valence-electron chi connectivity index (χ0n) is 26.5. The van der Waals surface area contributed by atoms with Crippen LogP contribution in [0.1, 0.15) is 103 Å². The molecule has 228 valence electrons. The molecule has 0 amide bonds. The van der Waals surface area contributed by atoms with Crippen LogP contribution in [0.4, 0.5) is 0 Å². The van der Waals surface area contributed by atoms with Gasteiger partial charge < -0.3 is 0 Å². The van der Waals surface area contributed by atoms with Crippen molar-refractivity contribution < 1.29 is 14.1 Å². The Bertz CT molecular complexity index is 1190. The summed E-state index contributed by atoms with van der Waals surface area (Å²) < 4.78 is 32.3. The molecule has 43 heavy (non-hydrogen) atoms. The molecule has 8 rings (SSSR count). The summed E-state index contributed by atoms with van der Waals surface area (Å²) in [5.41, 5.74) is 2.46. The second-order valence-electron chi connectivity index (χ2n) is 15.0. The van der Waals surface area contributed by atoms with Crippen LogP contribution >= 0.6 is 0 Å². The molecule has 2 aliphatic carbocycles. The fourth-order valence-electron chi connectivity index (χ4n) is 9.66. The van der Waals surface area contributed by atoms with Crippen molar-refractivity contribution in [2.45, 2.75) is 134 Å². The maximum atomic E-state index is 6.71. The van der Waals surface area contributed by atoms with E-state index in [4.69, 9.17) is 14.1 Å². The quantitative estimate of drug-likeness (QED) is 0.308. The molecule has 6 aliphatic rings. The van der Waals surface area contributed by atoms with Gasteiger partial charge in [0.05, 0.1) is 0 Å². The summed E-state index contributed by atoms with van der Waals surface area (Å²) in [4.78, 5) is 0. The van der Waals surface area contributed by atoms with Gasteiger partial charge in [0.1, 0.15) is 0 Å². The fourth-order valence-corrected chi connectivity index (χ4v) is 20.5. The van der Waals surface area contributed by atoms with E-state index in [1.807, 2.05) is 0 Å². The molecule has 0 N–H and O–H groups in total. The Morgan fingerprint density at radius 2 is 1.02 bits per heavy atom. The van der Waals surface area contributed by atoms with E-state index in [0.29, 0.717) is 36.4 Å². The third-order valence-corrected chi connectivity index (χ3v) is 22.2. The standard InChI is InChI=1S/C15H16O2.2C10H17NO.2Ga/c1-15(2,11-3-7-13(16)8-4-11)12-5-9-14(17)10-6-12;2*1-7-5-6-8-3-2-4-9(12)10(8)11-7;;/h3-10,16-17H,1-2H3;2*7-10H,2-6H2,1H3;;/q;2*-2;2*+3/p-2. The molecule has 8 atom stereocenters. The molecular formula is C35H48Ga2N2O4. The first-order valence-electron chi connectivity index (χ1n) is 17.3. The van der Waals surface area contributed by atoms with E-state index in [1.165, 1.54) is 75.3 Å². The molecule has 0 spiro atoms. The van der Waals surface area contributed by atoms with Crippen molar-refractivity contribution in [1.29, 1.82) is 0 Å². The van der Waals surface area contributed by atoms with Crippen LogP contribution in [-0.4, -0.2) is 78.0 Å². The predicted octanol–water partition coefficient (Wildman–Crippen LogP) is 6.84. The Morgan fingerprint density at radius 1 is 0.605 bits per heavy atom. The van der Waals surface area contributed by atoms with Gasteiger partial charge in [0.15, 0.2) is 0 Å². The van der Waals surface area contributed by atoms with Crippen molar-refractivity contribution in [2.75, 3.05) is 0 Å². The van der Waals surface area contributed by atoms with Crippen LogP contribution in [0.5, 0.6) is 11.5 Å². The van der Waals surface area contributed by atoms with Crippen LogP contribution in [0.2, 0.25) is 0 Å². The molecule has 6 nitrogen and oxygen atoms in total. The molecule has 8 unspecified atom stereocenters. The summed E-state index contributed by atoms with van der Waals surface area (Å²) >= 11 is -5.01. The SMILES string of the molecule is CC1CCC2CCCC3[O][Ga]([O]c4ccc(C(C)(C)c5ccc([O][Ga]6[O]C7CCCC8CCC(C)[N]6C87)cc5)cc4)[N]1C23. The van der Waals surface area contributed by atoms with E-state index in [1.54, 1.807) is 0 Å². The first kappa shape index (κ1) is 29.5. The number of hydrogen-bond acceptors (Lipinski definition) is 6. The van der Waals surface area contributed by atoms with Crippen LogP contribution in [0.15, 0.2) is 48.5 Å². The van der Waals surface area contributed by atoms with Gasteiger partial charge in [-0.05, 0) is 0 Å². The van der Waals surface area contributed by atoms with Gasteiger partial charge in [-0.2, -0.15) is 0 Å². The maximum absolute atomic E-state index is 6.71. The Labute approximate surface area is 271 Å². The Kier molecular flexibility index (Phi) is 8.07. The Hall–Kier alpha value is -0.847. The zero-order valence-corrected chi connectivity index (χ0v) is 31.3. The fraction of sp³-hybridized carbons (Fsp3) is 0.657.